The van der Waals surface area contributed by atoms with Gasteiger partial charge in [-0.2, -0.15) is 0 Å². The van der Waals surface area contributed by atoms with Gasteiger partial charge in [0.05, 0.1) is 12.2 Å². The molecule has 0 unspecified atom stereocenters. The van der Waals surface area contributed by atoms with Crippen molar-refractivity contribution in [1.82, 2.24) is 10.6 Å². The van der Waals surface area contributed by atoms with Gasteiger partial charge in [0.2, 0.25) is 7.85 Å². The van der Waals surface area contributed by atoms with E-state index in [0.29, 0.717) is 0 Å². The maximum Gasteiger partial charge on any atom is 0.408 e. The Bertz CT molecular complexity index is 611. The van der Waals surface area contributed by atoms with E-state index < -0.39 is 53.7 Å². The Morgan fingerprint density at radius 2 is 1.55 bits per heavy atom. The van der Waals surface area contributed by atoms with Crippen LogP contribution in [0.3, 0.4) is 0 Å². The molecule has 0 spiro atoms. The van der Waals surface area contributed by atoms with Crippen molar-refractivity contribution in [2.45, 2.75) is 64.5 Å². The minimum absolute atomic E-state index is 0.0224. The predicted molar refractivity (Wildman–Crippen MR) is 102 cm³/mol. The van der Waals surface area contributed by atoms with E-state index in [9.17, 15) is 19.2 Å². The Morgan fingerprint density at radius 3 is 1.86 bits per heavy atom. The summed E-state index contributed by atoms with van der Waals surface area (Å²) in [6.07, 6.45) is 2.13. The number of hydrogen-bond donors (Lipinski definition) is 5. The molecule has 0 fully saturated rings. The van der Waals surface area contributed by atoms with Gasteiger partial charge in [0.15, 0.2) is 17.9 Å². The number of rotatable bonds is 8. The monoisotopic (exact) mass is 414 g/mol. The van der Waals surface area contributed by atoms with Crippen LogP contribution in [0.1, 0.15) is 34.6 Å². The summed E-state index contributed by atoms with van der Waals surface area (Å²) in [6, 6.07) is -2.55. The number of carbonyl (C=O) groups is 4. The van der Waals surface area contributed by atoms with Crippen molar-refractivity contribution in [2.75, 3.05) is 6.61 Å². The first-order valence-electron chi connectivity index (χ1n) is 8.36. The molecule has 0 saturated carbocycles. The summed E-state index contributed by atoms with van der Waals surface area (Å²) in [7, 11) is 4.79. The number of aliphatic hydroxyl groups is 1. The summed E-state index contributed by atoms with van der Waals surface area (Å²) in [5.41, 5.74) is -0.703. The highest BCUT2D eigenvalue weighted by Gasteiger charge is 2.27. The quantitative estimate of drug-likeness (QED) is 0.264. The molecule has 12 heteroatoms. The summed E-state index contributed by atoms with van der Waals surface area (Å²) < 4.78 is 9.77. The zero-order valence-electron chi connectivity index (χ0n) is 17.0. The highest BCUT2D eigenvalue weighted by atomic mass is 16.6. The first-order valence-corrected chi connectivity index (χ1v) is 8.36. The van der Waals surface area contributed by atoms with E-state index in [-0.39, 0.29) is 6.61 Å². The first-order chi connectivity index (χ1) is 13.1. The second-order valence-electron chi connectivity index (χ2n) is 6.75. The average Bonchev–Trinajstić information content (AvgIpc) is 2.53. The lowest BCUT2D eigenvalue weighted by Gasteiger charge is -2.22. The summed E-state index contributed by atoms with van der Waals surface area (Å²) in [4.78, 5) is 42.9. The zero-order valence-corrected chi connectivity index (χ0v) is 17.0. The average molecular weight is 414 g/mol. The van der Waals surface area contributed by atoms with Gasteiger partial charge in [-0.25, -0.2) is 14.4 Å². The summed E-state index contributed by atoms with van der Waals surface area (Å²) in [5.74, 6) is -1.27. The Kier molecular flexibility index (Phi) is 13.1. The molecule has 0 aromatic heterocycles. The van der Waals surface area contributed by atoms with Crippen molar-refractivity contribution < 1.29 is 44.0 Å². The molecule has 2 radical (unpaired) electrons. The highest BCUT2D eigenvalue weighted by Crippen LogP contribution is 2.07. The SMILES string of the molecule is C[C@@H](O)[C@H](NC(=O)OC(C)(C)C)C(=O)O.[B]C(=O)N[C@H](C(=O)O)[C@@H](C)OCC#C. The fourth-order valence-corrected chi connectivity index (χ4v) is 1.63. The molecule has 2 amide bonds. The lowest BCUT2D eigenvalue weighted by Crippen LogP contribution is -2.49. The molecule has 11 nitrogen and oxygen atoms in total. The van der Waals surface area contributed by atoms with Gasteiger partial charge in [-0.1, -0.05) is 5.92 Å². The second kappa shape index (κ2) is 13.4. The number of amides is 2. The molecular formula is C17H27BN2O9. The molecule has 0 aliphatic carbocycles. The maximum atomic E-state index is 11.2. The number of alkyl carbamates (subject to hydrolysis) is 1. The Hall–Kier alpha value is -2.78. The molecular weight excluding hydrogens is 387 g/mol. The molecule has 29 heavy (non-hydrogen) atoms. The lowest BCUT2D eigenvalue weighted by atomic mass is 10.1. The molecule has 0 bridgehead atoms. The van der Waals surface area contributed by atoms with Crippen molar-refractivity contribution in [1.29, 1.82) is 0 Å². The van der Waals surface area contributed by atoms with Crippen molar-refractivity contribution in [3.8, 4) is 12.3 Å². The van der Waals surface area contributed by atoms with Crippen molar-refractivity contribution in [2.24, 2.45) is 0 Å². The van der Waals surface area contributed by atoms with Crippen LogP contribution in [-0.2, 0) is 19.1 Å². The van der Waals surface area contributed by atoms with Gasteiger partial charge in [-0.3, -0.25) is 4.79 Å². The Labute approximate surface area is 170 Å². The maximum absolute atomic E-state index is 11.2. The van der Waals surface area contributed by atoms with Crippen LogP contribution >= 0.6 is 0 Å². The summed E-state index contributed by atoms with van der Waals surface area (Å²) >= 11 is 0. The lowest BCUT2D eigenvalue weighted by molar-refractivity contribution is -0.143. The molecule has 0 aromatic rings. The van der Waals surface area contributed by atoms with Gasteiger partial charge in [0.1, 0.15) is 12.2 Å². The number of nitrogens with one attached hydrogen (secondary N) is 2. The van der Waals surface area contributed by atoms with Crippen LogP contribution < -0.4 is 10.6 Å². The standard InChI is InChI=1S/C9H17NO5.C8H10BNO4/c1-5(11)6(7(12)13)10-8(14)15-9(2,3)4;1-3-4-14-5(2)6(7(11)12)10-8(9)13/h5-6,11H,1-4H3,(H,10,14)(H,12,13);1,5-6H,4H2,2H3,(H,10,13)(H,11,12)/t2*5-,6+/m11/s1. The van der Waals surface area contributed by atoms with E-state index in [2.05, 4.69) is 11.2 Å². The molecule has 0 aliphatic heterocycles. The van der Waals surface area contributed by atoms with Gasteiger partial charge in [-0.05, 0) is 34.6 Å². The van der Waals surface area contributed by atoms with E-state index in [1.165, 1.54) is 13.8 Å². The number of aliphatic hydroxyl groups excluding tert-OH is 1. The number of carboxylic acids is 2. The fourth-order valence-electron chi connectivity index (χ4n) is 1.63. The number of carboxylic acid groups (broad SMARTS) is 2. The molecule has 0 aliphatic rings. The van der Waals surface area contributed by atoms with Crippen LogP contribution in [0.25, 0.3) is 0 Å². The molecule has 5 N–H and O–H groups in total. The Morgan fingerprint density at radius 1 is 1.07 bits per heavy atom. The second-order valence-corrected chi connectivity index (χ2v) is 6.75. The molecule has 0 saturated heterocycles. The van der Waals surface area contributed by atoms with E-state index in [4.69, 9.17) is 39.1 Å². The molecule has 0 heterocycles. The van der Waals surface area contributed by atoms with Crippen LogP contribution in [0.4, 0.5) is 9.59 Å². The summed E-state index contributed by atoms with van der Waals surface area (Å²) in [6.45, 7) is 7.70. The van der Waals surface area contributed by atoms with Crippen LogP contribution in [-0.4, -0.2) is 83.5 Å². The van der Waals surface area contributed by atoms with Crippen LogP contribution in [0.5, 0.6) is 0 Å². The molecule has 0 rings (SSSR count). The number of carbonyl (C=O) groups excluding carboxylic acids is 2. The van der Waals surface area contributed by atoms with Crippen molar-refractivity contribution >= 4 is 31.7 Å². The number of terminal acetylenes is 1. The Balaban J connectivity index is 0. The molecule has 162 valence electrons. The first kappa shape index (κ1) is 28.4. The third-order valence-electron chi connectivity index (χ3n) is 2.88. The zero-order chi connectivity index (χ0) is 23.4. The smallest absolute Gasteiger partial charge is 0.408 e. The molecule has 0 aromatic carbocycles. The number of aliphatic carboxylic acids is 2. The van der Waals surface area contributed by atoms with Crippen LogP contribution in [0, 0.1) is 12.3 Å². The van der Waals surface area contributed by atoms with E-state index in [0.717, 1.165) is 0 Å². The van der Waals surface area contributed by atoms with Gasteiger partial charge < -0.3 is 35.4 Å². The third-order valence-corrected chi connectivity index (χ3v) is 2.88. The van der Waals surface area contributed by atoms with Crippen molar-refractivity contribution in [3.05, 3.63) is 0 Å². The molecule has 4 atom stereocenters. The number of ether oxygens (including phenoxy) is 2. The van der Waals surface area contributed by atoms with Crippen molar-refractivity contribution in [3.63, 3.8) is 0 Å². The summed E-state index contributed by atoms with van der Waals surface area (Å²) in [5, 5.41) is 30.5. The van der Waals surface area contributed by atoms with Crippen LogP contribution in [0.2, 0.25) is 0 Å². The van der Waals surface area contributed by atoms with Gasteiger partial charge in [0, 0.05) is 0 Å². The predicted octanol–water partition coefficient (Wildman–Crippen LogP) is -0.299. The van der Waals surface area contributed by atoms with E-state index >= 15 is 0 Å². The van der Waals surface area contributed by atoms with Gasteiger partial charge in [-0.15, -0.1) is 6.42 Å². The normalized spacial score (nSPS) is 14.5. The third kappa shape index (κ3) is 14.9. The minimum Gasteiger partial charge on any atom is -0.480 e. The highest BCUT2D eigenvalue weighted by molar-refractivity contribution is 6.57. The topological polar surface area (TPSA) is 171 Å². The van der Waals surface area contributed by atoms with E-state index in [1.54, 1.807) is 20.8 Å². The van der Waals surface area contributed by atoms with Gasteiger partial charge >= 0.3 is 18.0 Å². The van der Waals surface area contributed by atoms with Crippen LogP contribution in [0.15, 0.2) is 0 Å². The van der Waals surface area contributed by atoms with Gasteiger partial charge in [0.25, 0.3) is 0 Å². The number of hydrogen-bond acceptors (Lipinski definition) is 7. The fraction of sp³-hybridized carbons (Fsp3) is 0.647. The largest absolute Gasteiger partial charge is 0.480 e. The minimum atomic E-state index is -1.36. The van der Waals surface area contributed by atoms with E-state index in [1.807, 2.05) is 5.32 Å².